The summed E-state index contributed by atoms with van der Waals surface area (Å²) in [6.07, 6.45) is 15.2. The van der Waals surface area contributed by atoms with Crippen LogP contribution >= 0.6 is 0 Å². The Bertz CT molecular complexity index is 3260. The first-order chi connectivity index (χ1) is 42.2. The Hall–Kier alpha value is -3.97. The number of ketones is 1. The lowest BCUT2D eigenvalue weighted by atomic mass is 9.41. The molecule has 2 aromatic rings. The van der Waals surface area contributed by atoms with Crippen LogP contribution < -0.4 is 18.9 Å². The summed E-state index contributed by atoms with van der Waals surface area (Å²) in [4.78, 5) is 38.1. The highest BCUT2D eigenvalue weighted by molar-refractivity contribution is 7.90. The molecule has 0 unspecified atom stereocenters. The number of carbonyl (C=O) groups excluding carboxylic acids is 3. The minimum Gasteiger partial charge on any atom is -0.488 e. The van der Waals surface area contributed by atoms with E-state index in [1.54, 1.807) is 24.3 Å². The molecule has 8 saturated carbocycles. The first kappa shape index (κ1) is 67.4. The molecule has 10 aliphatic rings. The topological polar surface area (TPSA) is 241 Å². The monoisotopic (exact) mass is 1290 g/mol. The molecule has 0 radical (unpaired) electrons. The van der Waals surface area contributed by atoms with Crippen molar-refractivity contribution in [2.45, 2.75) is 251 Å². The number of carbonyl (C=O) groups is 3. The number of amides is 2. The van der Waals surface area contributed by atoms with Crippen molar-refractivity contribution >= 4 is 38.0 Å². The fourth-order valence-electron chi connectivity index (χ4n) is 22.3. The van der Waals surface area contributed by atoms with Crippen LogP contribution in [0.2, 0.25) is 0 Å². The number of fused-ring (bicyclic) bond motifs is 12. The van der Waals surface area contributed by atoms with E-state index in [1.165, 1.54) is 12.1 Å². The Morgan fingerprint density at radius 3 is 1.40 bits per heavy atom. The van der Waals surface area contributed by atoms with E-state index in [9.17, 15) is 46.5 Å². The number of sulfonamides is 2. The fraction of sp³-hybridized carbons (Fsp3) is 0.792. The van der Waals surface area contributed by atoms with Gasteiger partial charge in [-0.15, -0.1) is 0 Å². The van der Waals surface area contributed by atoms with Gasteiger partial charge in [-0.2, -0.15) is 0 Å². The summed E-state index contributed by atoms with van der Waals surface area (Å²) in [7, 11) is -8.18. The number of hydrogen-bond donors (Lipinski definition) is 5. The Balaban J connectivity index is 0.000000185. The maximum Gasteiger partial charge on any atom is 0.421 e. The number of aryl methyl sites for hydroxylation is 2. The van der Waals surface area contributed by atoms with Crippen LogP contribution in [0.15, 0.2) is 46.2 Å². The van der Waals surface area contributed by atoms with E-state index in [2.05, 4.69) is 64.8 Å². The van der Waals surface area contributed by atoms with Crippen LogP contribution in [0.3, 0.4) is 0 Å². The van der Waals surface area contributed by atoms with Crippen molar-refractivity contribution in [2.75, 3.05) is 13.2 Å². The van der Waals surface area contributed by atoms with Gasteiger partial charge in [0.15, 0.2) is 0 Å². The van der Waals surface area contributed by atoms with E-state index in [0.717, 1.165) is 114 Å². The number of Topliss-reactive ketones (excluding diaryl/α,β-unsaturated/α-hetero) is 1. The van der Waals surface area contributed by atoms with Gasteiger partial charge >= 0.3 is 12.2 Å². The smallest absolute Gasteiger partial charge is 0.421 e. The SMILES string of the molecule is CC[C@H]1[C@@H](O)[C@@H]2[C@H](CC[C@]3(C)[C@@H]([C@H](C)COC(=O)NS(=O)(=O)c4ccc5c(c4)CCC(C)(C)O5)CC[C@@H]23)[C@@]2(C)CCC(=O)C[C@@H]12.CC[C@H]1[C@@H](O)[C@@H]2[C@H](CC[C@]3(C)[C@@H]([C@H](C)COC(=O)NS(=O)(=O)c4ccc5c(c4)CCC(C)(C)O5)CC[C@@H]23)[C@@]2(C)CC[C@H](O)C[C@@H]12. The molecule has 0 spiro atoms. The molecule has 0 bridgehead atoms. The van der Waals surface area contributed by atoms with Gasteiger partial charge in [-0.3, -0.25) is 4.79 Å². The molecule has 2 heterocycles. The number of ether oxygens (including phenoxy) is 4. The van der Waals surface area contributed by atoms with Crippen molar-refractivity contribution in [1.29, 1.82) is 0 Å². The summed E-state index contributed by atoms with van der Waals surface area (Å²) >= 11 is 0. The molecule has 5 N–H and O–H groups in total. The third-order valence-corrected chi connectivity index (χ3v) is 29.6. The minimum absolute atomic E-state index is 0.0131. The number of aliphatic hydroxyl groups excluding tert-OH is 3. The van der Waals surface area contributed by atoms with Gasteiger partial charge < -0.3 is 34.3 Å². The second-order valence-electron chi connectivity index (χ2n) is 32.7. The molecule has 16 nitrogen and oxygen atoms in total. The zero-order chi connectivity index (χ0) is 65.1. The molecule has 2 aromatic carbocycles. The third-order valence-electron chi connectivity index (χ3n) is 27.0. The van der Waals surface area contributed by atoms with Crippen LogP contribution in [0.1, 0.15) is 210 Å². The molecule has 0 aromatic heterocycles. The molecule has 8 aliphatic carbocycles. The van der Waals surface area contributed by atoms with Gasteiger partial charge in [-0.1, -0.05) is 68.2 Å². The van der Waals surface area contributed by atoms with E-state index < -0.39 is 38.3 Å². The van der Waals surface area contributed by atoms with Crippen molar-refractivity contribution in [3.05, 3.63) is 47.5 Å². The van der Waals surface area contributed by atoms with Crippen LogP contribution in [-0.4, -0.2) is 92.9 Å². The zero-order valence-corrected chi connectivity index (χ0v) is 57.6. The number of rotatable bonds is 12. The van der Waals surface area contributed by atoms with E-state index in [1.807, 2.05) is 27.7 Å². The molecule has 502 valence electrons. The van der Waals surface area contributed by atoms with Gasteiger partial charge in [-0.25, -0.2) is 35.9 Å². The quantitative estimate of drug-likeness (QED) is 0.133. The van der Waals surface area contributed by atoms with Gasteiger partial charge in [0.05, 0.1) is 41.3 Å². The highest BCUT2D eigenvalue weighted by Crippen LogP contribution is 2.71. The van der Waals surface area contributed by atoms with Gasteiger partial charge in [0, 0.05) is 12.8 Å². The van der Waals surface area contributed by atoms with Gasteiger partial charge in [0.2, 0.25) is 0 Å². The Kier molecular flexibility index (Phi) is 18.5. The largest absolute Gasteiger partial charge is 0.488 e. The van der Waals surface area contributed by atoms with Crippen molar-refractivity contribution in [2.24, 2.45) is 105 Å². The van der Waals surface area contributed by atoms with Crippen LogP contribution in [0.5, 0.6) is 11.5 Å². The van der Waals surface area contributed by atoms with Gasteiger partial charge in [0.1, 0.15) is 28.5 Å². The predicted octanol–water partition coefficient (Wildman–Crippen LogP) is 13.1. The highest BCUT2D eigenvalue weighted by Gasteiger charge is 2.67. The minimum atomic E-state index is -4.10. The fourth-order valence-corrected chi connectivity index (χ4v) is 24.2. The van der Waals surface area contributed by atoms with Crippen LogP contribution in [-0.2, 0) is 47.2 Å². The molecular formula is C72H108N2O14S2. The molecule has 90 heavy (non-hydrogen) atoms. The summed E-state index contributed by atoms with van der Waals surface area (Å²) in [6.45, 7) is 26.5. The van der Waals surface area contributed by atoms with Crippen LogP contribution in [0.4, 0.5) is 9.59 Å². The molecule has 0 saturated heterocycles. The second-order valence-corrected chi connectivity index (χ2v) is 36.0. The Morgan fingerprint density at radius 2 is 0.956 bits per heavy atom. The van der Waals surface area contributed by atoms with Crippen molar-refractivity contribution < 1.29 is 65.5 Å². The van der Waals surface area contributed by atoms with E-state index >= 15 is 0 Å². The molecule has 8 fully saturated rings. The number of aliphatic hydroxyl groups is 3. The van der Waals surface area contributed by atoms with Crippen molar-refractivity contribution in [3.63, 3.8) is 0 Å². The van der Waals surface area contributed by atoms with E-state index in [4.69, 9.17) is 18.9 Å². The first-order valence-electron chi connectivity index (χ1n) is 34.8. The molecule has 2 amide bonds. The number of hydrogen-bond acceptors (Lipinski definition) is 14. The van der Waals surface area contributed by atoms with Crippen molar-refractivity contribution in [3.8, 4) is 11.5 Å². The number of benzene rings is 2. The summed E-state index contributed by atoms with van der Waals surface area (Å²) in [6, 6.07) is 9.41. The molecule has 18 heteroatoms. The summed E-state index contributed by atoms with van der Waals surface area (Å²) in [5, 5.41) is 34.4. The Labute approximate surface area is 537 Å². The normalized spacial score (nSPS) is 40.2. The van der Waals surface area contributed by atoms with Crippen LogP contribution in [0.25, 0.3) is 0 Å². The zero-order valence-electron chi connectivity index (χ0n) is 56.0. The second kappa shape index (κ2) is 24.7. The lowest BCUT2D eigenvalue weighted by Gasteiger charge is -2.64. The van der Waals surface area contributed by atoms with Crippen LogP contribution in [0, 0.1) is 105 Å². The lowest BCUT2D eigenvalue weighted by molar-refractivity contribution is -0.203. The molecular weight excluding hydrogens is 1180 g/mol. The van der Waals surface area contributed by atoms with Gasteiger partial charge in [-0.05, 0) is 282 Å². The summed E-state index contributed by atoms with van der Waals surface area (Å²) in [5.74, 6) is 5.62. The van der Waals surface area contributed by atoms with E-state index in [0.29, 0.717) is 84.4 Å². The molecule has 12 rings (SSSR count). The lowest BCUT2D eigenvalue weighted by Crippen LogP contribution is -2.62. The summed E-state index contributed by atoms with van der Waals surface area (Å²) in [5.41, 5.74) is 1.33. The maximum absolute atomic E-state index is 13.1. The standard InChI is InChI=1S/C36H55NO7S.C36H53NO7S/c2*1-7-25-29-19-23(38)13-16-36(29,6)28-14-17-35(5)26(9-10-27(35)31(28)32(25)39)21(2)20-43-33(40)37-45(41,42)24-8-11-30-22(18-24)12-15-34(3,4)44-30/h8,11,18,21,23,25-29,31-32,38-39H,7,9-10,12-17,19-20H2,1-6H3,(H,37,40);8,11,18,21,25-29,31-32,39H,7,9-10,12-17,19-20H2,1-6H3,(H,37,40)/t21-,23+,25-,26-,27+,28+,29+,31+,32-,35-,36-;21-,25-,26-,27+,28+,29+,31+,32-,35-,36-/m11/s1. The first-order valence-corrected chi connectivity index (χ1v) is 37.7. The number of nitrogens with one attached hydrogen (secondary N) is 2. The van der Waals surface area contributed by atoms with Gasteiger partial charge in [0.25, 0.3) is 20.0 Å². The average molecular weight is 1290 g/mol. The summed E-state index contributed by atoms with van der Waals surface area (Å²) < 4.78 is 79.6. The Morgan fingerprint density at radius 1 is 0.544 bits per heavy atom. The highest BCUT2D eigenvalue weighted by atomic mass is 32.2. The molecule has 2 aliphatic heterocycles. The predicted molar refractivity (Wildman–Crippen MR) is 343 cm³/mol. The average Bonchev–Trinajstić information content (AvgIpc) is 1.25. The maximum atomic E-state index is 13.1. The van der Waals surface area contributed by atoms with E-state index in [-0.39, 0.29) is 110 Å². The van der Waals surface area contributed by atoms with Crippen molar-refractivity contribution in [1.82, 2.24) is 9.44 Å². The third kappa shape index (κ3) is 12.2. The molecule has 21 atom stereocenters.